The van der Waals surface area contributed by atoms with Crippen LogP contribution < -0.4 is 4.90 Å². The minimum Gasteiger partial charge on any atom is -0.456 e. The molecule has 0 spiro atoms. The Morgan fingerprint density at radius 2 is 0.750 bits per heavy atom. The number of hydrogen-bond donors (Lipinski definition) is 0. The highest BCUT2D eigenvalue weighted by molar-refractivity contribution is 6.22. The summed E-state index contributed by atoms with van der Waals surface area (Å²) in [5.41, 5.74) is 12.2. The molecule has 11 aromatic carbocycles. The molecule has 0 aliphatic rings. The van der Waals surface area contributed by atoms with Crippen LogP contribution in [-0.4, -0.2) is 0 Å². The van der Waals surface area contributed by atoms with Crippen molar-refractivity contribution in [2.45, 2.75) is 0 Å². The first kappa shape index (κ1) is 34.1. The molecule has 2 nitrogen and oxygen atoms in total. The average Bonchev–Trinajstić information content (AvgIpc) is 3.70. The predicted molar refractivity (Wildman–Crippen MR) is 255 cm³/mol. The molecule has 0 saturated heterocycles. The fourth-order valence-electron chi connectivity index (χ4n) is 9.42. The number of furan rings is 1. The Balaban J connectivity index is 1.02. The summed E-state index contributed by atoms with van der Waals surface area (Å²) in [5, 5.41) is 12.2. The van der Waals surface area contributed by atoms with Gasteiger partial charge in [0.05, 0.1) is 0 Å². The smallest absolute Gasteiger partial charge is 0.137 e. The van der Waals surface area contributed by atoms with Crippen molar-refractivity contribution >= 4 is 82.1 Å². The molecule has 1 heterocycles. The van der Waals surface area contributed by atoms with Gasteiger partial charge in [0.2, 0.25) is 0 Å². The van der Waals surface area contributed by atoms with Crippen LogP contribution in [0.3, 0.4) is 0 Å². The maximum Gasteiger partial charge on any atom is 0.137 e. The van der Waals surface area contributed by atoms with Crippen molar-refractivity contribution in [2.24, 2.45) is 0 Å². The van der Waals surface area contributed by atoms with Crippen molar-refractivity contribution < 1.29 is 4.42 Å². The Morgan fingerprint density at radius 3 is 1.52 bits per heavy atom. The molecule has 280 valence electrons. The number of nitrogens with zero attached hydrogens (tertiary/aromatic N) is 1. The zero-order valence-corrected chi connectivity index (χ0v) is 32.7. The first-order valence-electron chi connectivity index (χ1n) is 20.6. The molecule has 0 atom stereocenters. The summed E-state index contributed by atoms with van der Waals surface area (Å²) in [6.07, 6.45) is 0. The molecule has 12 rings (SSSR count). The van der Waals surface area contributed by atoms with Crippen LogP contribution in [0, 0.1) is 0 Å². The van der Waals surface area contributed by atoms with Crippen LogP contribution in [0.25, 0.3) is 98.4 Å². The van der Waals surface area contributed by atoms with Gasteiger partial charge < -0.3 is 9.32 Å². The standard InChI is InChI=1S/C58H37NO/c1-3-14-40(15-4-1)57-53-21-10-9-19-49(53)50-32-27-42(36-54(50)58(57)41-16-5-2-6-17-41)38-25-28-44(29-26-38)59(46-31-34-52-51-20-11-12-22-55(51)60-56(52)37-46)45-30-33-48-43(35-45)24-23-39-13-7-8-18-47(39)48/h1-37H. The van der Waals surface area contributed by atoms with Crippen LogP contribution in [0.1, 0.15) is 0 Å². The third-order valence-corrected chi connectivity index (χ3v) is 12.2. The van der Waals surface area contributed by atoms with Crippen LogP contribution in [0.4, 0.5) is 17.1 Å². The molecule has 0 fully saturated rings. The second-order valence-electron chi connectivity index (χ2n) is 15.6. The first-order valence-corrected chi connectivity index (χ1v) is 20.6. The lowest BCUT2D eigenvalue weighted by Gasteiger charge is -2.26. The summed E-state index contributed by atoms with van der Waals surface area (Å²) < 4.78 is 6.42. The molecule has 1 aromatic heterocycles. The molecule has 0 bridgehead atoms. The predicted octanol–water partition coefficient (Wildman–Crippen LogP) is 16.7. The molecule has 0 unspecified atom stereocenters. The Kier molecular flexibility index (Phi) is 7.89. The lowest BCUT2D eigenvalue weighted by atomic mass is 9.84. The number of hydrogen-bond acceptors (Lipinski definition) is 2. The van der Waals surface area contributed by atoms with Crippen LogP contribution >= 0.6 is 0 Å². The van der Waals surface area contributed by atoms with E-state index in [1.807, 2.05) is 12.1 Å². The van der Waals surface area contributed by atoms with Gasteiger partial charge in [-0.3, -0.25) is 0 Å². The first-order chi connectivity index (χ1) is 29.7. The summed E-state index contributed by atoms with van der Waals surface area (Å²) >= 11 is 0. The van der Waals surface area contributed by atoms with E-state index in [0.717, 1.165) is 44.6 Å². The molecule has 0 saturated carbocycles. The highest BCUT2D eigenvalue weighted by Gasteiger charge is 2.20. The minimum absolute atomic E-state index is 0.870. The molecule has 60 heavy (non-hydrogen) atoms. The maximum absolute atomic E-state index is 6.42. The monoisotopic (exact) mass is 763 g/mol. The molecular weight excluding hydrogens is 727 g/mol. The second-order valence-corrected chi connectivity index (χ2v) is 15.6. The van der Waals surface area contributed by atoms with Crippen molar-refractivity contribution in [1.82, 2.24) is 0 Å². The van der Waals surface area contributed by atoms with E-state index >= 15 is 0 Å². The van der Waals surface area contributed by atoms with Crippen LogP contribution in [0.5, 0.6) is 0 Å². The van der Waals surface area contributed by atoms with Crippen LogP contribution in [-0.2, 0) is 0 Å². The molecule has 12 aromatic rings. The van der Waals surface area contributed by atoms with Gasteiger partial charge in [0.15, 0.2) is 0 Å². The number of benzene rings is 11. The normalized spacial score (nSPS) is 11.7. The SMILES string of the molecule is c1ccc(-c2c(-c3ccccc3)c3cc(-c4ccc(N(c5ccc6c(ccc7ccccc76)c5)c5ccc6c(c5)oc5ccccc56)cc4)ccc3c3ccccc23)cc1. The zero-order chi connectivity index (χ0) is 39.6. The van der Waals surface area contributed by atoms with Gasteiger partial charge in [0, 0.05) is 33.9 Å². The Bertz CT molecular complexity index is 3590. The van der Waals surface area contributed by atoms with Gasteiger partial charge in [-0.1, -0.05) is 170 Å². The number of rotatable bonds is 6. The fraction of sp³-hybridized carbons (Fsp3) is 0. The third-order valence-electron chi connectivity index (χ3n) is 12.2. The molecule has 0 radical (unpaired) electrons. The molecule has 0 amide bonds. The quantitative estimate of drug-likeness (QED) is 0.157. The summed E-state index contributed by atoms with van der Waals surface area (Å²) in [5.74, 6) is 0. The van der Waals surface area contributed by atoms with E-state index < -0.39 is 0 Å². The highest BCUT2D eigenvalue weighted by atomic mass is 16.3. The molecule has 0 N–H and O–H groups in total. The lowest BCUT2D eigenvalue weighted by Crippen LogP contribution is -2.09. The van der Waals surface area contributed by atoms with Crippen molar-refractivity contribution in [1.29, 1.82) is 0 Å². The summed E-state index contributed by atoms with van der Waals surface area (Å²) in [4.78, 5) is 2.34. The van der Waals surface area contributed by atoms with Gasteiger partial charge in [-0.2, -0.15) is 0 Å². The minimum atomic E-state index is 0.870. The van der Waals surface area contributed by atoms with Gasteiger partial charge in [-0.15, -0.1) is 0 Å². The summed E-state index contributed by atoms with van der Waals surface area (Å²) in [7, 11) is 0. The second kappa shape index (κ2) is 13.9. The Labute approximate surface area is 347 Å². The summed E-state index contributed by atoms with van der Waals surface area (Å²) in [6, 6.07) is 81.3. The van der Waals surface area contributed by atoms with E-state index in [1.165, 1.54) is 70.9 Å². The van der Waals surface area contributed by atoms with Gasteiger partial charge in [-0.05, 0) is 125 Å². The van der Waals surface area contributed by atoms with Crippen molar-refractivity contribution in [3.8, 4) is 33.4 Å². The molecular formula is C58H37NO. The van der Waals surface area contributed by atoms with E-state index in [2.05, 4.69) is 217 Å². The lowest BCUT2D eigenvalue weighted by molar-refractivity contribution is 0.669. The van der Waals surface area contributed by atoms with Gasteiger partial charge in [-0.25, -0.2) is 0 Å². The fourth-order valence-corrected chi connectivity index (χ4v) is 9.42. The Morgan fingerprint density at radius 1 is 0.250 bits per heavy atom. The van der Waals surface area contributed by atoms with Gasteiger partial charge >= 0.3 is 0 Å². The van der Waals surface area contributed by atoms with E-state index in [0.29, 0.717) is 0 Å². The van der Waals surface area contributed by atoms with Crippen molar-refractivity contribution in [2.75, 3.05) is 4.90 Å². The maximum atomic E-state index is 6.42. The van der Waals surface area contributed by atoms with E-state index in [4.69, 9.17) is 4.42 Å². The molecule has 0 aliphatic carbocycles. The van der Waals surface area contributed by atoms with Gasteiger partial charge in [0.1, 0.15) is 11.2 Å². The van der Waals surface area contributed by atoms with Crippen LogP contribution in [0.2, 0.25) is 0 Å². The number of para-hydroxylation sites is 1. The number of fused-ring (bicyclic) bond motifs is 9. The van der Waals surface area contributed by atoms with Crippen LogP contribution in [0.15, 0.2) is 229 Å². The van der Waals surface area contributed by atoms with Gasteiger partial charge in [0.25, 0.3) is 0 Å². The summed E-state index contributed by atoms with van der Waals surface area (Å²) in [6.45, 7) is 0. The van der Waals surface area contributed by atoms with E-state index in [9.17, 15) is 0 Å². The molecule has 2 heteroatoms. The Hall–Kier alpha value is -7.94. The molecule has 0 aliphatic heterocycles. The third kappa shape index (κ3) is 5.57. The largest absolute Gasteiger partial charge is 0.456 e. The topological polar surface area (TPSA) is 16.4 Å². The van der Waals surface area contributed by atoms with Crippen molar-refractivity contribution in [3.05, 3.63) is 224 Å². The zero-order valence-electron chi connectivity index (χ0n) is 32.7. The number of anilines is 3. The van der Waals surface area contributed by atoms with E-state index in [-0.39, 0.29) is 0 Å². The highest BCUT2D eigenvalue weighted by Crippen LogP contribution is 2.46. The average molecular weight is 764 g/mol. The van der Waals surface area contributed by atoms with E-state index in [1.54, 1.807) is 0 Å². The van der Waals surface area contributed by atoms with Crippen molar-refractivity contribution in [3.63, 3.8) is 0 Å².